The van der Waals surface area contributed by atoms with Gasteiger partial charge in [-0.1, -0.05) is 19.3 Å². The van der Waals surface area contributed by atoms with Gasteiger partial charge in [0.15, 0.2) is 0 Å². The maximum atomic E-state index is 12.1. The predicted octanol–water partition coefficient (Wildman–Crippen LogP) is 1.10. The van der Waals surface area contributed by atoms with Crippen LogP contribution in [0.3, 0.4) is 0 Å². The van der Waals surface area contributed by atoms with Gasteiger partial charge in [0.25, 0.3) is 0 Å². The standard InChI is InChI=1S/C14H23NO5S/c16-12(15-11-4-8-21(19,20)9-5-11)10-14(13(17)18)6-2-1-3-7-14/h11H,1-10H2,(H,15,16)(H,17,18). The number of carbonyl (C=O) groups is 2. The van der Waals surface area contributed by atoms with Gasteiger partial charge in [-0.05, 0) is 25.7 Å². The second-order valence-corrected chi connectivity index (χ2v) is 8.62. The minimum Gasteiger partial charge on any atom is -0.481 e. The van der Waals surface area contributed by atoms with Crippen molar-refractivity contribution < 1.29 is 23.1 Å². The van der Waals surface area contributed by atoms with Crippen LogP contribution in [0.4, 0.5) is 0 Å². The van der Waals surface area contributed by atoms with Crippen LogP contribution < -0.4 is 5.32 Å². The number of carboxylic acids is 1. The lowest BCUT2D eigenvalue weighted by Crippen LogP contribution is -2.44. The Labute approximate surface area is 125 Å². The number of rotatable bonds is 4. The summed E-state index contributed by atoms with van der Waals surface area (Å²) in [6.07, 6.45) is 4.68. The maximum Gasteiger partial charge on any atom is 0.310 e. The van der Waals surface area contributed by atoms with Crippen LogP contribution >= 0.6 is 0 Å². The molecule has 2 rings (SSSR count). The molecule has 0 aromatic carbocycles. The van der Waals surface area contributed by atoms with Gasteiger partial charge in [-0.3, -0.25) is 9.59 Å². The van der Waals surface area contributed by atoms with Crippen molar-refractivity contribution in [3.05, 3.63) is 0 Å². The summed E-state index contributed by atoms with van der Waals surface area (Å²) < 4.78 is 22.7. The van der Waals surface area contributed by atoms with Crippen molar-refractivity contribution in [1.82, 2.24) is 5.32 Å². The minimum absolute atomic E-state index is 0.00554. The number of carbonyl (C=O) groups excluding carboxylic acids is 1. The van der Waals surface area contributed by atoms with Crippen LogP contribution in [0.15, 0.2) is 0 Å². The van der Waals surface area contributed by atoms with Crippen LogP contribution in [-0.4, -0.2) is 42.9 Å². The Hall–Kier alpha value is -1.11. The molecule has 1 aliphatic carbocycles. The molecule has 0 radical (unpaired) electrons. The van der Waals surface area contributed by atoms with E-state index in [2.05, 4.69) is 5.32 Å². The molecular formula is C14H23NO5S. The van der Waals surface area contributed by atoms with Crippen molar-refractivity contribution in [3.8, 4) is 0 Å². The number of hydrogen-bond donors (Lipinski definition) is 2. The van der Waals surface area contributed by atoms with E-state index in [9.17, 15) is 23.1 Å². The Kier molecular flexibility index (Phi) is 4.91. The third-order valence-corrected chi connectivity index (χ3v) is 6.40. The third-order valence-electron chi connectivity index (χ3n) is 4.68. The van der Waals surface area contributed by atoms with Crippen LogP contribution in [0.2, 0.25) is 0 Å². The van der Waals surface area contributed by atoms with Crippen LogP contribution in [-0.2, 0) is 19.4 Å². The smallest absolute Gasteiger partial charge is 0.310 e. The highest BCUT2D eigenvalue weighted by atomic mass is 32.2. The zero-order valence-electron chi connectivity index (χ0n) is 12.1. The van der Waals surface area contributed by atoms with E-state index >= 15 is 0 Å². The van der Waals surface area contributed by atoms with Gasteiger partial charge in [0.2, 0.25) is 5.91 Å². The van der Waals surface area contributed by atoms with Gasteiger partial charge in [-0.15, -0.1) is 0 Å². The molecule has 2 fully saturated rings. The molecule has 6 nitrogen and oxygen atoms in total. The number of nitrogens with one attached hydrogen (secondary N) is 1. The van der Waals surface area contributed by atoms with Crippen molar-refractivity contribution in [2.45, 2.75) is 57.4 Å². The molecule has 1 amide bonds. The zero-order valence-corrected chi connectivity index (χ0v) is 13.0. The van der Waals surface area contributed by atoms with E-state index < -0.39 is 21.2 Å². The second kappa shape index (κ2) is 6.34. The molecule has 2 aliphatic rings. The molecule has 0 atom stereocenters. The van der Waals surface area contributed by atoms with Crippen molar-refractivity contribution in [2.75, 3.05) is 11.5 Å². The van der Waals surface area contributed by atoms with Gasteiger partial charge in [0.1, 0.15) is 9.84 Å². The highest BCUT2D eigenvalue weighted by Crippen LogP contribution is 2.39. The summed E-state index contributed by atoms with van der Waals surface area (Å²) in [6.45, 7) is 0. The number of hydrogen-bond acceptors (Lipinski definition) is 4. The van der Waals surface area contributed by atoms with Crippen molar-refractivity contribution in [1.29, 1.82) is 0 Å². The normalized spacial score (nSPS) is 25.1. The molecule has 0 aromatic heterocycles. The van der Waals surface area contributed by atoms with Gasteiger partial charge >= 0.3 is 5.97 Å². The van der Waals surface area contributed by atoms with E-state index in [0.717, 1.165) is 19.3 Å². The summed E-state index contributed by atoms with van der Waals surface area (Å²) in [7, 11) is -2.95. The molecule has 120 valence electrons. The van der Waals surface area contributed by atoms with Gasteiger partial charge in [0, 0.05) is 12.5 Å². The number of aliphatic carboxylic acids is 1. The average Bonchev–Trinajstić information content (AvgIpc) is 2.42. The predicted molar refractivity (Wildman–Crippen MR) is 77.6 cm³/mol. The van der Waals surface area contributed by atoms with E-state index in [4.69, 9.17) is 0 Å². The zero-order chi connectivity index (χ0) is 15.5. The number of carboxylic acid groups (broad SMARTS) is 1. The number of sulfone groups is 1. The van der Waals surface area contributed by atoms with E-state index in [1.807, 2.05) is 0 Å². The highest BCUT2D eigenvalue weighted by molar-refractivity contribution is 7.91. The minimum atomic E-state index is -2.95. The largest absolute Gasteiger partial charge is 0.481 e. The second-order valence-electron chi connectivity index (χ2n) is 6.32. The molecular weight excluding hydrogens is 294 g/mol. The van der Waals surface area contributed by atoms with Crippen LogP contribution in [0.1, 0.15) is 51.4 Å². The Morgan fingerprint density at radius 2 is 1.67 bits per heavy atom. The fraction of sp³-hybridized carbons (Fsp3) is 0.857. The molecule has 1 saturated carbocycles. The first kappa shape index (κ1) is 16.3. The summed E-state index contributed by atoms with van der Waals surface area (Å²) in [6, 6.07) is -0.143. The molecule has 0 unspecified atom stereocenters. The summed E-state index contributed by atoms with van der Waals surface area (Å²) in [4.78, 5) is 23.7. The SMILES string of the molecule is O=C(CC1(C(=O)O)CCCCC1)NC1CCS(=O)(=O)CC1. The Balaban J connectivity index is 1.90. The molecule has 0 bridgehead atoms. The summed E-state index contributed by atoms with van der Waals surface area (Å²) >= 11 is 0. The molecule has 0 spiro atoms. The fourth-order valence-electron chi connectivity index (χ4n) is 3.32. The molecule has 1 heterocycles. The molecule has 0 aromatic rings. The summed E-state index contributed by atoms with van der Waals surface area (Å²) in [5.41, 5.74) is -0.928. The lowest BCUT2D eigenvalue weighted by atomic mass is 9.71. The Morgan fingerprint density at radius 3 is 2.19 bits per heavy atom. The van der Waals surface area contributed by atoms with Gasteiger partial charge < -0.3 is 10.4 Å². The quantitative estimate of drug-likeness (QED) is 0.809. The first-order valence-electron chi connectivity index (χ1n) is 7.56. The Bertz CT molecular complexity index is 493. The van der Waals surface area contributed by atoms with E-state index in [1.54, 1.807) is 0 Å². The van der Waals surface area contributed by atoms with Gasteiger partial charge in [-0.25, -0.2) is 8.42 Å². The lowest BCUT2D eigenvalue weighted by Gasteiger charge is -2.33. The molecule has 1 aliphatic heterocycles. The average molecular weight is 317 g/mol. The molecule has 2 N–H and O–H groups in total. The van der Waals surface area contributed by atoms with E-state index in [0.29, 0.717) is 25.7 Å². The van der Waals surface area contributed by atoms with Gasteiger partial charge in [0.05, 0.1) is 16.9 Å². The van der Waals surface area contributed by atoms with Crippen LogP contribution in [0.25, 0.3) is 0 Å². The third kappa shape index (κ3) is 4.18. The first-order valence-corrected chi connectivity index (χ1v) is 9.38. The van der Waals surface area contributed by atoms with Crippen LogP contribution in [0.5, 0.6) is 0 Å². The fourth-order valence-corrected chi connectivity index (χ4v) is 4.81. The van der Waals surface area contributed by atoms with E-state index in [1.165, 1.54) is 0 Å². The highest BCUT2D eigenvalue weighted by Gasteiger charge is 2.41. The molecule has 7 heteroatoms. The van der Waals surface area contributed by atoms with Crippen molar-refractivity contribution in [3.63, 3.8) is 0 Å². The molecule has 1 saturated heterocycles. The van der Waals surface area contributed by atoms with E-state index in [-0.39, 0.29) is 29.9 Å². The first-order chi connectivity index (χ1) is 9.83. The monoisotopic (exact) mass is 317 g/mol. The van der Waals surface area contributed by atoms with Crippen molar-refractivity contribution in [2.24, 2.45) is 5.41 Å². The maximum absolute atomic E-state index is 12.1. The van der Waals surface area contributed by atoms with Crippen molar-refractivity contribution >= 4 is 21.7 Å². The lowest BCUT2D eigenvalue weighted by molar-refractivity contribution is -0.154. The van der Waals surface area contributed by atoms with Gasteiger partial charge in [-0.2, -0.15) is 0 Å². The summed E-state index contributed by atoms with van der Waals surface area (Å²) in [5, 5.41) is 12.3. The molecule has 21 heavy (non-hydrogen) atoms. The Morgan fingerprint density at radius 1 is 1.10 bits per heavy atom. The topological polar surface area (TPSA) is 101 Å². The number of amides is 1. The summed E-state index contributed by atoms with van der Waals surface area (Å²) in [5.74, 6) is -0.948. The van der Waals surface area contributed by atoms with Crippen LogP contribution in [0, 0.1) is 5.41 Å².